The Kier molecular flexibility index (Phi) is 5.32. The predicted molar refractivity (Wildman–Crippen MR) is 122 cm³/mol. The van der Waals surface area contributed by atoms with E-state index in [0.29, 0.717) is 24.0 Å². The van der Waals surface area contributed by atoms with Crippen LogP contribution in [0.25, 0.3) is 10.2 Å². The molecule has 0 atom stereocenters. The Balaban J connectivity index is 1.24. The van der Waals surface area contributed by atoms with Gasteiger partial charge in [-0.1, -0.05) is 17.4 Å². The van der Waals surface area contributed by atoms with Crippen molar-refractivity contribution in [2.24, 2.45) is 13.0 Å². The maximum Gasteiger partial charge on any atom is 0.346 e. The van der Waals surface area contributed by atoms with Crippen molar-refractivity contribution in [1.29, 1.82) is 0 Å². The Morgan fingerprint density at radius 3 is 2.66 bits per heavy atom. The Labute approximate surface area is 189 Å². The molecular formula is C22H26N6O3S. The molecule has 2 amide bonds. The molecule has 0 radical (unpaired) electrons. The van der Waals surface area contributed by atoms with Crippen LogP contribution in [0.5, 0.6) is 0 Å². The zero-order valence-electron chi connectivity index (χ0n) is 18.2. The van der Waals surface area contributed by atoms with Crippen LogP contribution in [0.4, 0.5) is 5.13 Å². The van der Waals surface area contributed by atoms with Gasteiger partial charge in [0.15, 0.2) is 5.13 Å². The smallest absolute Gasteiger partial charge is 0.342 e. The third-order valence-corrected chi connectivity index (χ3v) is 7.19. The first-order valence-electron chi connectivity index (χ1n) is 11.0. The number of carbonyl (C=O) groups is 2. The molecule has 1 saturated heterocycles. The van der Waals surface area contributed by atoms with Crippen molar-refractivity contribution in [3.8, 4) is 0 Å². The van der Waals surface area contributed by atoms with Crippen molar-refractivity contribution in [2.45, 2.75) is 45.1 Å². The van der Waals surface area contributed by atoms with Gasteiger partial charge in [0.2, 0.25) is 11.8 Å². The van der Waals surface area contributed by atoms with Crippen molar-refractivity contribution in [3.63, 3.8) is 0 Å². The van der Waals surface area contributed by atoms with Crippen LogP contribution in [0.15, 0.2) is 23.0 Å². The lowest BCUT2D eigenvalue weighted by Crippen LogP contribution is -2.39. The number of anilines is 1. The van der Waals surface area contributed by atoms with Crippen LogP contribution in [0.1, 0.15) is 43.0 Å². The molecule has 1 aliphatic heterocycles. The lowest BCUT2D eigenvalue weighted by Gasteiger charge is -2.31. The Hall–Kier alpha value is -3.01. The quantitative estimate of drug-likeness (QED) is 0.637. The standard InChI is InChI=1S/C22H26N6O3S/c1-13-3-6-16-17(11-13)32-21(23-16)24-18(29)12-28-22(31)26(2)19(25-28)14-7-9-27(10-8-14)20(30)15-4-5-15/h3,6,11,14-15H,4-5,7-10,12H2,1-2H3,(H,23,24,29). The number of carbonyl (C=O) groups excluding carboxylic acids is 2. The first-order valence-corrected chi connectivity index (χ1v) is 11.8. The summed E-state index contributed by atoms with van der Waals surface area (Å²) in [7, 11) is 1.69. The SMILES string of the molecule is Cc1ccc2nc(NC(=O)Cn3nc(C4CCN(C(=O)C5CC5)CC4)n(C)c3=O)sc2c1. The molecule has 2 aliphatic rings. The fourth-order valence-electron chi connectivity index (χ4n) is 4.29. The summed E-state index contributed by atoms with van der Waals surface area (Å²) in [6, 6.07) is 5.94. The van der Waals surface area contributed by atoms with Crippen molar-refractivity contribution < 1.29 is 9.59 Å². The van der Waals surface area contributed by atoms with E-state index in [0.717, 1.165) is 41.5 Å². The first kappa shape index (κ1) is 20.9. The molecule has 3 aromatic rings. The van der Waals surface area contributed by atoms with Gasteiger partial charge in [0.1, 0.15) is 12.4 Å². The number of hydrogen-bond donors (Lipinski definition) is 1. The summed E-state index contributed by atoms with van der Waals surface area (Å²) in [5, 5.41) is 7.76. The number of fused-ring (bicyclic) bond motifs is 1. The van der Waals surface area contributed by atoms with Crippen LogP contribution in [-0.4, -0.2) is 49.1 Å². The number of likely N-dealkylation sites (tertiary alicyclic amines) is 1. The highest BCUT2D eigenvalue weighted by atomic mass is 32.1. The van der Waals surface area contributed by atoms with Gasteiger partial charge in [0, 0.05) is 32.0 Å². The number of benzene rings is 1. The van der Waals surface area contributed by atoms with Gasteiger partial charge in [-0.25, -0.2) is 14.5 Å². The molecule has 168 valence electrons. The third-order valence-electron chi connectivity index (χ3n) is 6.26. The van der Waals surface area contributed by atoms with Crippen molar-refractivity contribution in [2.75, 3.05) is 18.4 Å². The van der Waals surface area contributed by atoms with E-state index < -0.39 is 0 Å². The molecule has 1 aliphatic carbocycles. The molecule has 2 aromatic heterocycles. The lowest BCUT2D eigenvalue weighted by molar-refractivity contribution is -0.133. The topological polar surface area (TPSA) is 102 Å². The lowest BCUT2D eigenvalue weighted by atomic mass is 9.95. The summed E-state index contributed by atoms with van der Waals surface area (Å²) in [6.45, 7) is 3.23. The van der Waals surface area contributed by atoms with Crippen LogP contribution in [0.3, 0.4) is 0 Å². The van der Waals surface area contributed by atoms with Gasteiger partial charge < -0.3 is 10.2 Å². The first-order chi connectivity index (χ1) is 15.4. The van der Waals surface area contributed by atoms with E-state index in [-0.39, 0.29) is 35.9 Å². The Bertz CT molecular complexity index is 1250. The molecule has 32 heavy (non-hydrogen) atoms. The number of amides is 2. The summed E-state index contributed by atoms with van der Waals surface area (Å²) in [4.78, 5) is 43.9. The maximum atomic E-state index is 12.7. The second-order valence-electron chi connectivity index (χ2n) is 8.77. The minimum absolute atomic E-state index is 0.104. The van der Waals surface area contributed by atoms with Crippen LogP contribution in [0.2, 0.25) is 0 Å². The molecule has 9 nitrogen and oxygen atoms in total. The third kappa shape index (κ3) is 4.06. The van der Waals surface area contributed by atoms with Gasteiger partial charge in [-0.2, -0.15) is 5.10 Å². The molecule has 2 fully saturated rings. The zero-order chi connectivity index (χ0) is 22.4. The zero-order valence-corrected chi connectivity index (χ0v) is 19.0. The molecular weight excluding hydrogens is 428 g/mol. The summed E-state index contributed by atoms with van der Waals surface area (Å²) in [5.74, 6) is 0.944. The van der Waals surface area contributed by atoms with Gasteiger partial charge in [-0.05, 0) is 50.3 Å². The normalized spacial score (nSPS) is 17.1. The number of hydrogen-bond acceptors (Lipinski definition) is 6. The van der Waals surface area contributed by atoms with E-state index in [1.807, 2.05) is 30.0 Å². The number of piperidine rings is 1. The highest BCUT2D eigenvalue weighted by molar-refractivity contribution is 7.22. The van der Waals surface area contributed by atoms with Crippen LogP contribution >= 0.6 is 11.3 Å². The molecule has 1 saturated carbocycles. The maximum absolute atomic E-state index is 12.7. The molecule has 0 spiro atoms. The van der Waals surface area contributed by atoms with E-state index in [1.165, 1.54) is 20.6 Å². The number of nitrogens with one attached hydrogen (secondary N) is 1. The van der Waals surface area contributed by atoms with Crippen molar-refractivity contribution in [1.82, 2.24) is 24.2 Å². The van der Waals surface area contributed by atoms with E-state index in [9.17, 15) is 14.4 Å². The summed E-state index contributed by atoms with van der Waals surface area (Å²) >= 11 is 1.41. The monoisotopic (exact) mass is 454 g/mol. The second-order valence-corrected chi connectivity index (χ2v) is 9.80. The number of aromatic nitrogens is 4. The van der Waals surface area contributed by atoms with Crippen LogP contribution < -0.4 is 11.0 Å². The van der Waals surface area contributed by atoms with Crippen LogP contribution in [-0.2, 0) is 23.2 Å². The Morgan fingerprint density at radius 1 is 1.19 bits per heavy atom. The summed E-state index contributed by atoms with van der Waals surface area (Å²) in [5.41, 5.74) is 1.65. The molecule has 3 heterocycles. The van der Waals surface area contributed by atoms with E-state index in [4.69, 9.17) is 0 Å². The minimum Gasteiger partial charge on any atom is -0.342 e. The number of aryl methyl sites for hydroxylation is 1. The van der Waals surface area contributed by atoms with Crippen molar-refractivity contribution in [3.05, 3.63) is 40.1 Å². The average molecular weight is 455 g/mol. The molecule has 1 aromatic carbocycles. The predicted octanol–water partition coefficient (Wildman–Crippen LogP) is 2.25. The largest absolute Gasteiger partial charge is 0.346 e. The highest BCUT2D eigenvalue weighted by Crippen LogP contribution is 2.34. The molecule has 0 unspecified atom stereocenters. The fourth-order valence-corrected chi connectivity index (χ4v) is 5.27. The molecule has 0 bridgehead atoms. The van der Waals surface area contributed by atoms with Gasteiger partial charge in [-0.3, -0.25) is 14.2 Å². The highest BCUT2D eigenvalue weighted by Gasteiger charge is 2.36. The number of rotatable bonds is 5. The number of thiazole rings is 1. The minimum atomic E-state index is -0.336. The Morgan fingerprint density at radius 2 is 1.94 bits per heavy atom. The summed E-state index contributed by atoms with van der Waals surface area (Å²) < 4.78 is 3.74. The fraction of sp³-hybridized carbons (Fsp3) is 0.500. The van der Waals surface area contributed by atoms with E-state index in [2.05, 4.69) is 15.4 Å². The van der Waals surface area contributed by atoms with E-state index in [1.54, 1.807) is 7.05 Å². The van der Waals surface area contributed by atoms with Gasteiger partial charge in [0.25, 0.3) is 0 Å². The second kappa shape index (κ2) is 8.16. The van der Waals surface area contributed by atoms with Gasteiger partial charge in [-0.15, -0.1) is 0 Å². The van der Waals surface area contributed by atoms with E-state index >= 15 is 0 Å². The molecule has 5 rings (SSSR count). The van der Waals surface area contributed by atoms with Crippen molar-refractivity contribution >= 4 is 38.5 Å². The molecule has 10 heteroatoms. The number of nitrogens with zero attached hydrogens (tertiary/aromatic N) is 5. The average Bonchev–Trinajstić information content (AvgIpc) is 3.50. The van der Waals surface area contributed by atoms with Gasteiger partial charge in [0.05, 0.1) is 10.2 Å². The van der Waals surface area contributed by atoms with Crippen LogP contribution in [0, 0.1) is 12.8 Å². The summed E-state index contributed by atoms with van der Waals surface area (Å²) in [6.07, 6.45) is 3.58. The molecule has 1 N–H and O–H groups in total. The van der Waals surface area contributed by atoms with Gasteiger partial charge >= 0.3 is 5.69 Å².